The Labute approximate surface area is 159 Å². The minimum absolute atomic E-state index is 0.179. The number of sulfonamides is 1. The highest BCUT2D eigenvalue weighted by Gasteiger charge is 2.21. The van der Waals surface area contributed by atoms with Crippen LogP contribution in [0.4, 0.5) is 5.69 Å². The fourth-order valence-electron chi connectivity index (χ4n) is 2.62. The van der Waals surface area contributed by atoms with Gasteiger partial charge < -0.3 is 5.32 Å². The minimum Gasteiger partial charge on any atom is -0.325 e. The summed E-state index contributed by atoms with van der Waals surface area (Å²) in [5, 5.41) is 4.78. The van der Waals surface area contributed by atoms with E-state index < -0.39 is 10.0 Å². The average Bonchev–Trinajstić information content (AvgIpc) is 3.08. The molecule has 0 spiro atoms. The summed E-state index contributed by atoms with van der Waals surface area (Å²) >= 11 is 1.65. The summed E-state index contributed by atoms with van der Waals surface area (Å²) in [6.45, 7) is 5.34. The zero-order valence-electron chi connectivity index (χ0n) is 15.3. The van der Waals surface area contributed by atoms with E-state index in [0.29, 0.717) is 25.3 Å². The van der Waals surface area contributed by atoms with Gasteiger partial charge in [-0.15, -0.1) is 11.3 Å². The summed E-state index contributed by atoms with van der Waals surface area (Å²) in [7, 11) is -1.67. The number of carbonyl (C=O) groups is 1. The van der Waals surface area contributed by atoms with Gasteiger partial charge in [-0.1, -0.05) is 26.0 Å². The van der Waals surface area contributed by atoms with Crippen molar-refractivity contribution in [3.8, 4) is 0 Å². The van der Waals surface area contributed by atoms with Crippen molar-refractivity contribution in [1.82, 2.24) is 9.21 Å². The van der Waals surface area contributed by atoms with Crippen LogP contribution >= 0.6 is 11.3 Å². The Balaban J connectivity index is 2.02. The number of thiophene rings is 1. The molecule has 0 saturated carbocycles. The fourth-order valence-corrected chi connectivity index (χ4v) is 4.91. The smallest absolute Gasteiger partial charge is 0.243 e. The third-order valence-corrected chi connectivity index (χ3v) is 6.79. The molecule has 0 saturated heterocycles. The Morgan fingerprint density at radius 1 is 1.15 bits per heavy atom. The Bertz CT molecular complexity index is 816. The topological polar surface area (TPSA) is 69.7 Å². The Hall–Kier alpha value is -1.74. The number of rotatable bonds is 9. The number of carbonyl (C=O) groups excluding carboxylic acids is 1. The Morgan fingerprint density at radius 2 is 1.88 bits per heavy atom. The van der Waals surface area contributed by atoms with E-state index in [1.165, 1.54) is 15.2 Å². The lowest BCUT2D eigenvalue weighted by atomic mass is 10.3. The molecule has 0 aliphatic heterocycles. The number of hydrogen-bond acceptors (Lipinski definition) is 5. The monoisotopic (exact) mass is 395 g/mol. The van der Waals surface area contributed by atoms with Crippen LogP contribution in [-0.2, 0) is 21.4 Å². The maximum Gasteiger partial charge on any atom is 0.243 e. The van der Waals surface area contributed by atoms with Crippen LogP contribution in [0, 0.1) is 0 Å². The van der Waals surface area contributed by atoms with Gasteiger partial charge in [0.1, 0.15) is 0 Å². The second-order valence-electron chi connectivity index (χ2n) is 5.92. The predicted octanol–water partition coefficient (Wildman–Crippen LogP) is 2.85. The molecule has 8 heteroatoms. The van der Waals surface area contributed by atoms with Crippen LogP contribution in [0.15, 0.2) is 46.7 Å². The van der Waals surface area contributed by atoms with E-state index in [4.69, 9.17) is 0 Å². The van der Waals surface area contributed by atoms with E-state index >= 15 is 0 Å². The molecule has 1 heterocycles. The van der Waals surface area contributed by atoms with Gasteiger partial charge >= 0.3 is 0 Å². The van der Waals surface area contributed by atoms with Gasteiger partial charge in [0.2, 0.25) is 15.9 Å². The molecule has 2 aromatic rings. The molecule has 0 aliphatic rings. The first-order valence-corrected chi connectivity index (χ1v) is 10.8. The standard InChI is InChI=1S/C18H25N3O3S2/c1-4-21(5-2)26(23,24)17-10-6-8-15(12-17)19-18(22)14-20(3)13-16-9-7-11-25-16/h6-12H,4-5,13-14H2,1-3H3,(H,19,22). The summed E-state index contributed by atoms with van der Waals surface area (Å²) in [5.74, 6) is -0.179. The Morgan fingerprint density at radius 3 is 2.50 bits per heavy atom. The van der Waals surface area contributed by atoms with Gasteiger partial charge in [0.05, 0.1) is 11.4 Å². The van der Waals surface area contributed by atoms with Crippen molar-refractivity contribution in [3.63, 3.8) is 0 Å². The van der Waals surface area contributed by atoms with Crippen LogP contribution < -0.4 is 5.32 Å². The van der Waals surface area contributed by atoms with Gasteiger partial charge in [-0.3, -0.25) is 9.69 Å². The lowest BCUT2D eigenvalue weighted by Gasteiger charge is -2.19. The molecule has 0 aliphatic carbocycles. The fraction of sp³-hybridized carbons (Fsp3) is 0.389. The highest BCUT2D eigenvalue weighted by atomic mass is 32.2. The van der Waals surface area contributed by atoms with Crippen LogP contribution in [-0.4, -0.2) is 50.2 Å². The number of anilines is 1. The Kier molecular flexibility index (Phi) is 7.33. The number of nitrogens with one attached hydrogen (secondary N) is 1. The summed E-state index contributed by atoms with van der Waals surface area (Å²) in [6.07, 6.45) is 0. The molecule has 0 bridgehead atoms. The quantitative estimate of drug-likeness (QED) is 0.709. The van der Waals surface area contributed by atoms with E-state index in [1.54, 1.807) is 43.4 Å². The van der Waals surface area contributed by atoms with Crippen molar-refractivity contribution < 1.29 is 13.2 Å². The van der Waals surface area contributed by atoms with Gasteiger partial charge in [-0.25, -0.2) is 8.42 Å². The van der Waals surface area contributed by atoms with Crippen LogP contribution in [0.5, 0.6) is 0 Å². The zero-order chi connectivity index (χ0) is 19.2. The van der Waals surface area contributed by atoms with Crippen LogP contribution in [0.2, 0.25) is 0 Å². The highest BCUT2D eigenvalue weighted by Crippen LogP contribution is 2.19. The average molecular weight is 396 g/mol. The lowest BCUT2D eigenvalue weighted by molar-refractivity contribution is -0.117. The van der Waals surface area contributed by atoms with Crippen LogP contribution in [0.1, 0.15) is 18.7 Å². The number of benzene rings is 1. The molecule has 1 N–H and O–H groups in total. The number of amides is 1. The van der Waals surface area contributed by atoms with Crippen LogP contribution in [0.3, 0.4) is 0 Å². The van der Waals surface area contributed by atoms with E-state index in [1.807, 2.05) is 29.5 Å². The molecule has 1 amide bonds. The summed E-state index contributed by atoms with van der Waals surface area (Å²) in [4.78, 5) is 15.5. The number of nitrogens with zero attached hydrogens (tertiary/aromatic N) is 2. The largest absolute Gasteiger partial charge is 0.325 e. The molecule has 0 radical (unpaired) electrons. The van der Waals surface area contributed by atoms with Gasteiger partial charge in [0, 0.05) is 30.2 Å². The first kappa shape index (κ1) is 20.6. The normalized spacial score (nSPS) is 11.9. The van der Waals surface area contributed by atoms with Crippen molar-refractivity contribution in [2.45, 2.75) is 25.3 Å². The molecule has 142 valence electrons. The zero-order valence-corrected chi connectivity index (χ0v) is 16.9. The number of hydrogen-bond donors (Lipinski definition) is 1. The van der Waals surface area contributed by atoms with E-state index in [-0.39, 0.29) is 17.3 Å². The maximum absolute atomic E-state index is 12.6. The molecular weight excluding hydrogens is 370 g/mol. The first-order valence-electron chi connectivity index (χ1n) is 8.47. The van der Waals surface area contributed by atoms with E-state index in [0.717, 1.165) is 0 Å². The molecule has 6 nitrogen and oxygen atoms in total. The molecule has 0 fully saturated rings. The van der Waals surface area contributed by atoms with Crippen molar-refractivity contribution in [2.75, 3.05) is 32.0 Å². The molecule has 1 aromatic carbocycles. The SMILES string of the molecule is CCN(CC)S(=O)(=O)c1cccc(NC(=O)CN(C)Cc2cccs2)c1. The first-order chi connectivity index (χ1) is 12.4. The highest BCUT2D eigenvalue weighted by molar-refractivity contribution is 7.89. The molecule has 26 heavy (non-hydrogen) atoms. The van der Waals surface area contributed by atoms with E-state index in [9.17, 15) is 13.2 Å². The van der Waals surface area contributed by atoms with Gasteiger partial charge in [-0.05, 0) is 36.7 Å². The summed E-state index contributed by atoms with van der Waals surface area (Å²) in [5.41, 5.74) is 0.479. The second kappa shape index (κ2) is 9.27. The van der Waals surface area contributed by atoms with Gasteiger partial charge in [0.25, 0.3) is 0 Å². The molecular formula is C18H25N3O3S2. The minimum atomic E-state index is -3.54. The summed E-state index contributed by atoms with van der Waals surface area (Å²) in [6, 6.07) is 10.4. The summed E-state index contributed by atoms with van der Waals surface area (Å²) < 4.78 is 26.6. The van der Waals surface area contributed by atoms with Gasteiger partial charge in [-0.2, -0.15) is 4.31 Å². The maximum atomic E-state index is 12.6. The lowest BCUT2D eigenvalue weighted by Crippen LogP contribution is -2.31. The van der Waals surface area contributed by atoms with Crippen molar-refractivity contribution in [1.29, 1.82) is 0 Å². The van der Waals surface area contributed by atoms with E-state index in [2.05, 4.69) is 5.32 Å². The second-order valence-corrected chi connectivity index (χ2v) is 8.89. The predicted molar refractivity (Wildman–Crippen MR) is 106 cm³/mol. The van der Waals surface area contributed by atoms with Gasteiger partial charge in [0.15, 0.2) is 0 Å². The third-order valence-electron chi connectivity index (χ3n) is 3.88. The van der Waals surface area contributed by atoms with Crippen molar-refractivity contribution in [2.24, 2.45) is 0 Å². The molecule has 1 aromatic heterocycles. The molecule has 0 atom stereocenters. The van der Waals surface area contributed by atoms with Crippen LogP contribution in [0.25, 0.3) is 0 Å². The third kappa shape index (κ3) is 5.38. The molecule has 2 rings (SSSR count). The van der Waals surface area contributed by atoms with Crippen molar-refractivity contribution in [3.05, 3.63) is 46.7 Å². The number of likely N-dealkylation sites (N-methyl/N-ethyl adjacent to an activating group) is 1. The molecule has 0 unspecified atom stereocenters. The van der Waals surface area contributed by atoms with Crippen molar-refractivity contribution >= 4 is 33.0 Å².